The van der Waals surface area contributed by atoms with E-state index in [1.165, 1.54) is 0 Å². The van der Waals surface area contributed by atoms with Gasteiger partial charge in [0.05, 0.1) is 43.5 Å². The van der Waals surface area contributed by atoms with Gasteiger partial charge in [-0.2, -0.15) is 0 Å². The van der Waals surface area contributed by atoms with Gasteiger partial charge in [0.15, 0.2) is 0 Å². The molecule has 13 heteroatoms. The van der Waals surface area contributed by atoms with E-state index in [4.69, 9.17) is 29.9 Å². The first-order valence-corrected chi connectivity index (χ1v) is 14.5. The fraction of sp³-hybridized carbons (Fsp3) is 0.667. The molecule has 244 valence electrons. The third kappa shape index (κ3) is 19.1. The van der Waals surface area contributed by atoms with Crippen molar-refractivity contribution >= 4 is 35.8 Å². The molecule has 0 aliphatic heterocycles. The van der Waals surface area contributed by atoms with Crippen molar-refractivity contribution < 1.29 is 63.4 Å². The fourth-order valence-corrected chi connectivity index (χ4v) is 4.34. The number of esters is 3. The molecule has 43 heavy (non-hydrogen) atoms. The van der Waals surface area contributed by atoms with Crippen LogP contribution in [0.2, 0.25) is 0 Å². The summed E-state index contributed by atoms with van der Waals surface area (Å²) < 4.78 is 14.6. The predicted octanol–water partition coefficient (Wildman–Crippen LogP) is 3.38. The summed E-state index contributed by atoms with van der Waals surface area (Å²) in [5.74, 6) is -4.62. The average molecular weight is 615 g/mol. The van der Waals surface area contributed by atoms with Crippen LogP contribution in [0.3, 0.4) is 0 Å². The van der Waals surface area contributed by atoms with Crippen LogP contribution in [0.4, 0.5) is 0 Å². The van der Waals surface area contributed by atoms with Crippen molar-refractivity contribution in [3.05, 3.63) is 25.3 Å². The van der Waals surface area contributed by atoms with Gasteiger partial charge in [0.1, 0.15) is 0 Å². The Hall–Kier alpha value is -3.74. The van der Waals surface area contributed by atoms with Crippen LogP contribution in [0.1, 0.15) is 77.0 Å². The van der Waals surface area contributed by atoms with Gasteiger partial charge in [-0.3, -0.25) is 19.2 Å². The largest absolute Gasteiger partial charge is 0.481 e. The summed E-state index contributed by atoms with van der Waals surface area (Å²) in [5, 5.41) is 34.4. The predicted molar refractivity (Wildman–Crippen MR) is 153 cm³/mol. The van der Waals surface area contributed by atoms with E-state index in [1.807, 2.05) is 0 Å². The Labute approximate surface area is 251 Å². The van der Waals surface area contributed by atoms with E-state index in [1.54, 1.807) is 0 Å². The van der Waals surface area contributed by atoms with Gasteiger partial charge in [-0.1, -0.05) is 13.2 Å². The highest BCUT2D eigenvalue weighted by Crippen LogP contribution is 2.30. The molecule has 0 saturated heterocycles. The number of aliphatic carboxylic acids is 3. The second-order valence-corrected chi connectivity index (χ2v) is 10.2. The molecule has 0 heterocycles. The Morgan fingerprint density at radius 3 is 1.14 bits per heavy atom. The molecule has 0 bridgehead atoms. The van der Waals surface area contributed by atoms with E-state index < -0.39 is 29.8 Å². The summed E-state index contributed by atoms with van der Waals surface area (Å²) in [6, 6.07) is 0. The summed E-state index contributed by atoms with van der Waals surface area (Å²) >= 11 is 0. The van der Waals surface area contributed by atoms with Gasteiger partial charge >= 0.3 is 35.8 Å². The molecule has 13 nitrogen and oxygen atoms in total. The van der Waals surface area contributed by atoms with Gasteiger partial charge in [0.25, 0.3) is 0 Å². The van der Waals surface area contributed by atoms with Crippen molar-refractivity contribution in [2.45, 2.75) is 77.0 Å². The molecule has 0 aromatic rings. The standard InChI is InChI=1S/C15H22O6.C8H12O4.C7H12O3/c1-2-13(16)20-9-3-4-10-21-15(19)12-7-5-11(6-8-12)14(17)18;9-7(10)5-1-2-6(4-3-5)8(11)12;1-2-7(9)10-6-4-3-5-8/h2,11-12H,1,3-10H2,(H,17,18);5-6H,1-4H2,(H,9,10)(H,11,12);2,8H,1,3-6H2. The number of hydrogen-bond donors (Lipinski definition) is 4. The van der Waals surface area contributed by atoms with Gasteiger partial charge in [0, 0.05) is 18.8 Å². The minimum atomic E-state index is -0.793. The molecule has 0 aromatic carbocycles. The van der Waals surface area contributed by atoms with Crippen LogP contribution >= 0.6 is 0 Å². The zero-order valence-corrected chi connectivity index (χ0v) is 24.7. The monoisotopic (exact) mass is 614 g/mol. The molecule has 0 spiro atoms. The highest BCUT2D eigenvalue weighted by molar-refractivity contribution is 5.81. The van der Waals surface area contributed by atoms with Crippen molar-refractivity contribution in [3.63, 3.8) is 0 Å². The third-order valence-electron chi connectivity index (χ3n) is 6.99. The number of carboxylic acid groups (broad SMARTS) is 3. The summed E-state index contributed by atoms with van der Waals surface area (Å²) in [4.78, 5) is 64.7. The molecule has 2 saturated carbocycles. The molecule has 2 aliphatic carbocycles. The molecule has 0 aromatic heterocycles. The lowest BCUT2D eigenvalue weighted by Crippen LogP contribution is -2.27. The van der Waals surface area contributed by atoms with Crippen LogP contribution in [-0.2, 0) is 43.0 Å². The Bertz CT molecular complexity index is 876. The zero-order chi connectivity index (χ0) is 32.6. The number of unbranched alkanes of at least 4 members (excludes halogenated alkanes) is 2. The number of carbonyl (C=O) groups excluding carboxylic acids is 3. The smallest absolute Gasteiger partial charge is 0.330 e. The van der Waals surface area contributed by atoms with E-state index >= 15 is 0 Å². The van der Waals surface area contributed by atoms with E-state index in [0.29, 0.717) is 90.3 Å². The molecule has 2 fully saturated rings. The number of rotatable bonds is 15. The lowest BCUT2D eigenvalue weighted by atomic mass is 9.82. The fourth-order valence-electron chi connectivity index (χ4n) is 4.34. The van der Waals surface area contributed by atoms with Crippen molar-refractivity contribution in [1.29, 1.82) is 0 Å². The number of hydrogen-bond acceptors (Lipinski definition) is 10. The van der Waals surface area contributed by atoms with E-state index in [9.17, 15) is 28.8 Å². The summed E-state index contributed by atoms with van der Waals surface area (Å²) in [6.07, 6.45) is 9.10. The van der Waals surface area contributed by atoms with Crippen molar-refractivity contribution in [2.75, 3.05) is 26.4 Å². The first kappa shape index (κ1) is 39.3. The van der Waals surface area contributed by atoms with Crippen LogP contribution in [-0.4, -0.2) is 82.7 Å². The normalized spacial score (nSPS) is 20.8. The number of carboxylic acids is 3. The van der Waals surface area contributed by atoms with Gasteiger partial charge in [0.2, 0.25) is 0 Å². The Morgan fingerprint density at radius 2 is 0.837 bits per heavy atom. The van der Waals surface area contributed by atoms with Gasteiger partial charge in [-0.15, -0.1) is 0 Å². The van der Waals surface area contributed by atoms with E-state index in [-0.39, 0.29) is 42.9 Å². The summed E-state index contributed by atoms with van der Waals surface area (Å²) in [7, 11) is 0. The topological polar surface area (TPSA) is 211 Å². The van der Waals surface area contributed by atoms with Crippen LogP contribution in [0.5, 0.6) is 0 Å². The summed E-state index contributed by atoms with van der Waals surface area (Å²) in [6.45, 7) is 7.61. The van der Waals surface area contributed by atoms with Crippen molar-refractivity contribution in [2.24, 2.45) is 23.7 Å². The first-order valence-electron chi connectivity index (χ1n) is 14.5. The Balaban J connectivity index is 0.000000678. The van der Waals surface area contributed by atoms with Crippen molar-refractivity contribution in [3.8, 4) is 0 Å². The Morgan fingerprint density at radius 1 is 0.535 bits per heavy atom. The second-order valence-electron chi connectivity index (χ2n) is 10.2. The van der Waals surface area contributed by atoms with Gasteiger partial charge < -0.3 is 34.6 Å². The van der Waals surface area contributed by atoms with Crippen LogP contribution in [0, 0.1) is 23.7 Å². The summed E-state index contributed by atoms with van der Waals surface area (Å²) in [5.41, 5.74) is 0. The molecular weight excluding hydrogens is 568 g/mol. The lowest BCUT2D eigenvalue weighted by Gasteiger charge is -2.24. The van der Waals surface area contributed by atoms with Gasteiger partial charge in [-0.05, 0) is 77.0 Å². The van der Waals surface area contributed by atoms with Crippen LogP contribution < -0.4 is 0 Å². The molecular formula is C30H46O13. The molecule has 4 N–H and O–H groups in total. The number of aliphatic hydroxyl groups is 1. The second kappa shape index (κ2) is 23.8. The SMILES string of the molecule is C=CC(=O)OCCCCO.C=CC(=O)OCCCCOC(=O)C1CCC(C(=O)O)CC1.O=C(O)C1CCC(C(=O)O)CC1. The van der Waals surface area contributed by atoms with Crippen molar-refractivity contribution in [1.82, 2.24) is 0 Å². The zero-order valence-electron chi connectivity index (χ0n) is 24.7. The van der Waals surface area contributed by atoms with E-state index in [0.717, 1.165) is 12.2 Å². The minimum absolute atomic E-state index is 0.144. The maximum absolute atomic E-state index is 11.8. The third-order valence-corrected chi connectivity index (χ3v) is 6.99. The highest BCUT2D eigenvalue weighted by atomic mass is 16.5. The lowest BCUT2D eigenvalue weighted by molar-refractivity contribution is -0.153. The van der Waals surface area contributed by atoms with E-state index in [2.05, 4.69) is 17.9 Å². The van der Waals surface area contributed by atoms with Crippen LogP contribution in [0.25, 0.3) is 0 Å². The first-order chi connectivity index (χ1) is 20.5. The average Bonchev–Trinajstić information content (AvgIpc) is 3.01. The van der Waals surface area contributed by atoms with Gasteiger partial charge in [-0.25, -0.2) is 9.59 Å². The molecule has 0 amide bonds. The molecule has 2 aliphatic rings. The van der Waals surface area contributed by atoms with Crippen LogP contribution in [0.15, 0.2) is 25.3 Å². The number of ether oxygens (including phenoxy) is 3. The maximum Gasteiger partial charge on any atom is 0.330 e. The number of aliphatic hydroxyl groups excluding tert-OH is 1. The Kier molecular flexibility index (Phi) is 21.7. The maximum atomic E-state index is 11.8. The highest BCUT2D eigenvalue weighted by Gasteiger charge is 2.31. The number of carbonyl (C=O) groups is 6. The minimum Gasteiger partial charge on any atom is -0.481 e. The molecule has 0 radical (unpaired) electrons. The molecule has 0 unspecified atom stereocenters. The molecule has 0 atom stereocenters. The molecule has 2 rings (SSSR count). The quantitative estimate of drug-likeness (QED) is 0.0903.